The lowest BCUT2D eigenvalue weighted by molar-refractivity contribution is -0.148. The maximum Gasteiger partial charge on any atom is 0.311 e. The van der Waals surface area contributed by atoms with Gasteiger partial charge in [0.2, 0.25) is 0 Å². The number of nitriles is 1. The number of methoxy groups -OCH3 is 1. The number of carbonyl (C=O) groups is 2. The lowest BCUT2D eigenvalue weighted by Crippen LogP contribution is -2.48. The zero-order valence-electron chi connectivity index (χ0n) is 13.5. The fourth-order valence-electron chi connectivity index (χ4n) is 3.98. The molecule has 0 aliphatic heterocycles. The summed E-state index contributed by atoms with van der Waals surface area (Å²) in [5, 5.41) is 11.7. The van der Waals surface area contributed by atoms with Gasteiger partial charge in [-0.15, -0.1) is 0 Å². The summed E-state index contributed by atoms with van der Waals surface area (Å²) in [5.41, 5.74) is 0.537. The van der Waals surface area contributed by atoms with E-state index in [0.29, 0.717) is 23.1 Å². The lowest BCUT2D eigenvalue weighted by Gasteiger charge is -2.29. The molecule has 6 nitrogen and oxygen atoms in total. The van der Waals surface area contributed by atoms with Crippen molar-refractivity contribution in [3.8, 4) is 11.8 Å². The zero-order valence-corrected chi connectivity index (χ0v) is 13.5. The Kier molecular flexibility index (Phi) is 4.70. The van der Waals surface area contributed by atoms with Crippen molar-refractivity contribution in [2.45, 2.75) is 25.3 Å². The largest absolute Gasteiger partial charge is 0.484 e. The van der Waals surface area contributed by atoms with Gasteiger partial charge in [-0.1, -0.05) is 0 Å². The highest BCUT2D eigenvalue weighted by molar-refractivity contribution is 5.80. The Balaban J connectivity index is 1.56. The first-order valence-corrected chi connectivity index (χ1v) is 8.12. The van der Waals surface area contributed by atoms with Crippen LogP contribution in [0.5, 0.6) is 5.75 Å². The second-order valence-corrected chi connectivity index (χ2v) is 6.40. The van der Waals surface area contributed by atoms with Crippen molar-refractivity contribution in [3.05, 3.63) is 29.8 Å². The molecule has 2 aliphatic rings. The molecule has 2 aliphatic carbocycles. The molecule has 0 spiro atoms. The van der Waals surface area contributed by atoms with Crippen LogP contribution in [-0.4, -0.2) is 31.6 Å². The summed E-state index contributed by atoms with van der Waals surface area (Å²) in [6.07, 6.45) is 3.04. The number of rotatable bonds is 5. The van der Waals surface area contributed by atoms with E-state index >= 15 is 0 Å². The summed E-state index contributed by atoms with van der Waals surface area (Å²) in [7, 11) is 1.39. The Hall–Kier alpha value is -2.55. The molecule has 3 rings (SSSR count). The quantitative estimate of drug-likeness (QED) is 0.830. The predicted octanol–water partition coefficient (Wildman–Crippen LogP) is 1.64. The Bertz CT molecular complexity index is 665. The van der Waals surface area contributed by atoms with Gasteiger partial charge in [0.25, 0.3) is 5.91 Å². The maximum absolute atomic E-state index is 12.2. The molecule has 1 N–H and O–H groups in total. The van der Waals surface area contributed by atoms with Gasteiger partial charge in [-0.05, 0) is 55.4 Å². The van der Waals surface area contributed by atoms with Gasteiger partial charge in [-0.3, -0.25) is 9.59 Å². The maximum atomic E-state index is 12.2. The molecule has 2 saturated carbocycles. The summed E-state index contributed by atoms with van der Waals surface area (Å²) in [5.74, 6) is 0.464. The van der Waals surface area contributed by atoms with Gasteiger partial charge >= 0.3 is 5.97 Å². The third kappa shape index (κ3) is 3.21. The topological polar surface area (TPSA) is 88.4 Å². The molecule has 1 amide bonds. The SMILES string of the molecule is COC(=O)C1C2CCC(C2)C1NC(=O)COc1ccc(C#N)cc1. The van der Waals surface area contributed by atoms with Crippen molar-refractivity contribution in [1.29, 1.82) is 5.26 Å². The molecule has 0 saturated heterocycles. The van der Waals surface area contributed by atoms with E-state index in [0.717, 1.165) is 19.3 Å². The molecule has 126 valence electrons. The van der Waals surface area contributed by atoms with E-state index in [-0.39, 0.29) is 30.4 Å². The molecule has 2 fully saturated rings. The number of nitrogens with one attached hydrogen (secondary N) is 1. The number of esters is 1. The Labute approximate surface area is 140 Å². The summed E-state index contributed by atoms with van der Waals surface area (Å²) < 4.78 is 10.3. The molecule has 4 unspecified atom stereocenters. The number of hydrogen-bond donors (Lipinski definition) is 1. The molecular formula is C18H20N2O4. The van der Waals surface area contributed by atoms with Crippen LogP contribution in [0.15, 0.2) is 24.3 Å². The van der Waals surface area contributed by atoms with E-state index in [1.165, 1.54) is 7.11 Å². The summed E-state index contributed by atoms with van der Waals surface area (Å²) in [6.45, 7) is -0.117. The minimum atomic E-state index is -0.245. The van der Waals surface area contributed by atoms with Crippen LogP contribution >= 0.6 is 0 Å². The molecule has 4 atom stereocenters. The number of hydrogen-bond acceptors (Lipinski definition) is 5. The smallest absolute Gasteiger partial charge is 0.311 e. The highest BCUT2D eigenvalue weighted by Gasteiger charge is 2.51. The van der Waals surface area contributed by atoms with Crippen LogP contribution in [0.1, 0.15) is 24.8 Å². The van der Waals surface area contributed by atoms with E-state index in [1.54, 1.807) is 24.3 Å². The van der Waals surface area contributed by atoms with Crippen LogP contribution in [0.3, 0.4) is 0 Å². The Morgan fingerprint density at radius 1 is 1.25 bits per heavy atom. The van der Waals surface area contributed by atoms with Gasteiger partial charge < -0.3 is 14.8 Å². The second-order valence-electron chi connectivity index (χ2n) is 6.40. The average molecular weight is 328 g/mol. The van der Waals surface area contributed by atoms with E-state index < -0.39 is 0 Å². The van der Waals surface area contributed by atoms with Gasteiger partial charge in [0.05, 0.1) is 24.7 Å². The van der Waals surface area contributed by atoms with Crippen LogP contribution in [0, 0.1) is 29.1 Å². The van der Waals surface area contributed by atoms with Crippen LogP contribution in [0.2, 0.25) is 0 Å². The molecule has 6 heteroatoms. The van der Waals surface area contributed by atoms with Crippen molar-refractivity contribution in [3.63, 3.8) is 0 Å². The van der Waals surface area contributed by atoms with Crippen molar-refractivity contribution in [1.82, 2.24) is 5.32 Å². The lowest BCUT2D eigenvalue weighted by atomic mass is 9.84. The normalized spacial score (nSPS) is 27.3. The van der Waals surface area contributed by atoms with Crippen molar-refractivity contribution < 1.29 is 19.1 Å². The van der Waals surface area contributed by atoms with E-state index in [4.69, 9.17) is 14.7 Å². The molecule has 1 aromatic rings. The second kappa shape index (κ2) is 6.91. The molecular weight excluding hydrogens is 308 g/mol. The molecule has 1 aromatic carbocycles. The number of benzene rings is 1. The Morgan fingerprint density at radius 2 is 1.96 bits per heavy atom. The minimum Gasteiger partial charge on any atom is -0.484 e. The van der Waals surface area contributed by atoms with Gasteiger partial charge in [0, 0.05) is 6.04 Å². The van der Waals surface area contributed by atoms with Gasteiger partial charge in [-0.25, -0.2) is 0 Å². The number of nitrogens with zero attached hydrogens (tertiary/aromatic N) is 1. The zero-order chi connectivity index (χ0) is 17.1. The van der Waals surface area contributed by atoms with Crippen LogP contribution < -0.4 is 10.1 Å². The summed E-state index contributed by atoms with van der Waals surface area (Å²) in [4.78, 5) is 24.2. The monoisotopic (exact) mass is 328 g/mol. The predicted molar refractivity (Wildman–Crippen MR) is 84.9 cm³/mol. The third-order valence-corrected chi connectivity index (χ3v) is 5.07. The summed E-state index contributed by atoms with van der Waals surface area (Å²) >= 11 is 0. The van der Waals surface area contributed by atoms with Crippen LogP contribution in [0.25, 0.3) is 0 Å². The first-order valence-electron chi connectivity index (χ1n) is 8.12. The standard InChI is InChI=1S/C18H20N2O4/c1-23-18(22)16-12-4-5-13(8-12)17(16)20-15(21)10-24-14-6-2-11(9-19)3-7-14/h2-3,6-7,12-13,16-17H,4-5,8,10H2,1H3,(H,20,21). The average Bonchev–Trinajstić information content (AvgIpc) is 3.21. The number of ether oxygens (including phenoxy) is 2. The van der Waals surface area contributed by atoms with E-state index in [9.17, 15) is 9.59 Å². The third-order valence-electron chi connectivity index (χ3n) is 5.07. The molecule has 0 radical (unpaired) electrons. The highest BCUT2D eigenvalue weighted by atomic mass is 16.5. The number of amides is 1. The van der Waals surface area contributed by atoms with Gasteiger partial charge in [0.15, 0.2) is 6.61 Å². The van der Waals surface area contributed by atoms with E-state index in [2.05, 4.69) is 5.32 Å². The fourth-order valence-corrected chi connectivity index (χ4v) is 3.98. The molecule has 0 heterocycles. The molecule has 2 bridgehead atoms. The highest BCUT2D eigenvalue weighted by Crippen LogP contribution is 2.48. The minimum absolute atomic E-state index is 0.117. The van der Waals surface area contributed by atoms with Crippen molar-refractivity contribution >= 4 is 11.9 Å². The first-order chi connectivity index (χ1) is 11.6. The summed E-state index contributed by atoms with van der Waals surface area (Å²) in [6, 6.07) is 8.44. The molecule has 24 heavy (non-hydrogen) atoms. The molecule has 0 aromatic heterocycles. The van der Waals surface area contributed by atoms with E-state index in [1.807, 2.05) is 6.07 Å². The van der Waals surface area contributed by atoms with Gasteiger partial charge in [0.1, 0.15) is 5.75 Å². The van der Waals surface area contributed by atoms with Crippen molar-refractivity contribution in [2.75, 3.05) is 13.7 Å². The number of fused-ring (bicyclic) bond motifs is 2. The Morgan fingerprint density at radius 3 is 2.62 bits per heavy atom. The van der Waals surface area contributed by atoms with Crippen LogP contribution in [0.4, 0.5) is 0 Å². The first kappa shape index (κ1) is 16.3. The van der Waals surface area contributed by atoms with Gasteiger partial charge in [-0.2, -0.15) is 5.26 Å². The fraction of sp³-hybridized carbons (Fsp3) is 0.500. The number of carbonyl (C=O) groups excluding carboxylic acids is 2. The van der Waals surface area contributed by atoms with Crippen molar-refractivity contribution in [2.24, 2.45) is 17.8 Å². The van der Waals surface area contributed by atoms with Crippen LogP contribution in [-0.2, 0) is 14.3 Å².